The van der Waals surface area contributed by atoms with E-state index < -0.39 is 54.0 Å². The summed E-state index contributed by atoms with van der Waals surface area (Å²) in [7, 11) is 0. The van der Waals surface area contributed by atoms with Crippen molar-refractivity contribution in [2.24, 2.45) is 5.73 Å². The summed E-state index contributed by atoms with van der Waals surface area (Å²) >= 11 is 5.49. The van der Waals surface area contributed by atoms with Crippen LogP contribution in [0.2, 0.25) is 0 Å². The van der Waals surface area contributed by atoms with Crippen LogP contribution in [-0.2, 0) is 25.6 Å². The molecule has 8 N–H and O–H groups in total. The number of aliphatic hydroxyl groups excluding tert-OH is 1. The Morgan fingerprint density at radius 3 is 2.33 bits per heavy atom. The van der Waals surface area contributed by atoms with Crippen LogP contribution in [0.25, 0.3) is 10.9 Å². The molecular formula is C23H33N5O6S2. The first kappa shape index (κ1) is 29.5. The zero-order valence-electron chi connectivity index (χ0n) is 20.1. The Morgan fingerprint density at radius 2 is 1.72 bits per heavy atom. The number of aliphatic hydroxyl groups is 1. The molecule has 1 aromatic carbocycles. The zero-order valence-corrected chi connectivity index (χ0v) is 21.8. The van der Waals surface area contributed by atoms with E-state index in [-0.39, 0.29) is 18.6 Å². The lowest BCUT2D eigenvalue weighted by atomic mass is 10.0. The van der Waals surface area contributed by atoms with E-state index in [0.29, 0.717) is 5.75 Å². The number of thioether (sulfide) groups is 1. The summed E-state index contributed by atoms with van der Waals surface area (Å²) in [5, 5.41) is 27.6. The van der Waals surface area contributed by atoms with Crippen molar-refractivity contribution in [3.8, 4) is 0 Å². The molecule has 1 heterocycles. The van der Waals surface area contributed by atoms with Crippen molar-refractivity contribution >= 4 is 59.0 Å². The molecule has 2 aromatic rings. The molecule has 3 amide bonds. The second kappa shape index (κ2) is 14.1. The highest BCUT2D eigenvalue weighted by Crippen LogP contribution is 2.19. The number of carboxylic acids is 1. The standard InChI is InChI=1S/C23H33N5O6S2/c1-12(29)19(23(33)34)28-22(32)18(9-13-10-25-16-6-4-3-5-14(13)16)27-21(31)17(7-8-36-2)26-20(30)15(24)11-35/h3-6,10,12,15,17-19,25,29,35H,7-9,11,24H2,1-2H3,(H,26,30)(H,27,31)(H,28,32)(H,33,34). The number of thiol groups is 1. The van der Waals surface area contributed by atoms with Crippen LogP contribution >= 0.6 is 24.4 Å². The minimum atomic E-state index is -1.57. The number of benzene rings is 1. The summed E-state index contributed by atoms with van der Waals surface area (Å²) in [5.41, 5.74) is 7.27. The van der Waals surface area contributed by atoms with Gasteiger partial charge in [-0.2, -0.15) is 24.4 Å². The monoisotopic (exact) mass is 539 g/mol. The molecule has 0 radical (unpaired) electrons. The minimum absolute atomic E-state index is 0.0348. The van der Waals surface area contributed by atoms with E-state index in [0.717, 1.165) is 16.5 Å². The number of carbonyl (C=O) groups excluding carboxylic acids is 3. The van der Waals surface area contributed by atoms with Gasteiger partial charge < -0.3 is 36.9 Å². The number of hydrogen-bond acceptors (Lipinski definition) is 8. The lowest BCUT2D eigenvalue weighted by molar-refractivity contribution is -0.145. The van der Waals surface area contributed by atoms with E-state index >= 15 is 0 Å². The Kier molecular flexibility index (Phi) is 11.6. The highest BCUT2D eigenvalue weighted by molar-refractivity contribution is 7.98. The van der Waals surface area contributed by atoms with Gasteiger partial charge in [0.25, 0.3) is 0 Å². The van der Waals surface area contributed by atoms with Gasteiger partial charge in [0, 0.05) is 29.3 Å². The quantitative estimate of drug-likeness (QED) is 0.150. The number of aliphatic carboxylic acids is 1. The molecule has 36 heavy (non-hydrogen) atoms. The van der Waals surface area contributed by atoms with Gasteiger partial charge in [0.1, 0.15) is 12.1 Å². The maximum Gasteiger partial charge on any atom is 0.328 e. The molecule has 0 bridgehead atoms. The Morgan fingerprint density at radius 1 is 1.08 bits per heavy atom. The fraction of sp³-hybridized carbons (Fsp3) is 0.478. The van der Waals surface area contributed by atoms with Gasteiger partial charge in [-0.3, -0.25) is 14.4 Å². The van der Waals surface area contributed by atoms with Crippen LogP contribution in [0, 0.1) is 0 Å². The third kappa shape index (κ3) is 8.15. The molecule has 0 spiro atoms. The Hall–Kier alpha value is -2.74. The van der Waals surface area contributed by atoms with Crippen molar-refractivity contribution in [1.82, 2.24) is 20.9 Å². The Bertz CT molecular complexity index is 1060. The van der Waals surface area contributed by atoms with Crippen LogP contribution in [0.15, 0.2) is 30.5 Å². The van der Waals surface area contributed by atoms with E-state index in [9.17, 15) is 29.4 Å². The lowest BCUT2D eigenvalue weighted by Crippen LogP contribution is -2.59. The summed E-state index contributed by atoms with van der Waals surface area (Å²) in [6.45, 7) is 1.24. The second-order valence-corrected chi connectivity index (χ2v) is 9.67. The van der Waals surface area contributed by atoms with Crippen molar-refractivity contribution in [2.75, 3.05) is 17.8 Å². The highest BCUT2D eigenvalue weighted by Gasteiger charge is 2.32. The van der Waals surface area contributed by atoms with Gasteiger partial charge in [-0.1, -0.05) is 18.2 Å². The Labute approximate surface area is 218 Å². The van der Waals surface area contributed by atoms with Crippen LogP contribution in [0.5, 0.6) is 0 Å². The largest absolute Gasteiger partial charge is 0.480 e. The first-order valence-electron chi connectivity index (χ1n) is 11.3. The van der Waals surface area contributed by atoms with Crippen LogP contribution in [0.3, 0.4) is 0 Å². The number of H-pyrrole nitrogens is 1. The summed E-state index contributed by atoms with van der Waals surface area (Å²) in [5.74, 6) is -2.73. The molecule has 5 unspecified atom stereocenters. The molecule has 0 fully saturated rings. The molecule has 0 aliphatic heterocycles. The van der Waals surface area contributed by atoms with Crippen molar-refractivity contribution in [3.05, 3.63) is 36.0 Å². The molecule has 0 saturated carbocycles. The van der Waals surface area contributed by atoms with Gasteiger partial charge in [0.15, 0.2) is 6.04 Å². The highest BCUT2D eigenvalue weighted by atomic mass is 32.2. The number of fused-ring (bicyclic) bond motifs is 1. The number of nitrogens with two attached hydrogens (primary N) is 1. The average molecular weight is 540 g/mol. The van der Waals surface area contributed by atoms with E-state index in [2.05, 4.69) is 33.6 Å². The molecule has 0 aliphatic carbocycles. The smallest absolute Gasteiger partial charge is 0.328 e. The summed E-state index contributed by atoms with van der Waals surface area (Å²) in [6, 6.07) is 2.76. The number of rotatable bonds is 14. The van der Waals surface area contributed by atoms with Gasteiger partial charge in [-0.05, 0) is 37.0 Å². The molecule has 5 atom stereocenters. The second-order valence-electron chi connectivity index (χ2n) is 8.32. The van der Waals surface area contributed by atoms with Gasteiger partial charge in [-0.25, -0.2) is 4.79 Å². The number of carboxylic acid groups (broad SMARTS) is 1. The predicted molar refractivity (Wildman–Crippen MR) is 142 cm³/mol. The van der Waals surface area contributed by atoms with Crippen molar-refractivity contribution in [2.45, 2.75) is 50.0 Å². The normalized spacial score (nSPS) is 15.4. The first-order valence-corrected chi connectivity index (χ1v) is 13.3. The first-order chi connectivity index (χ1) is 17.1. The third-order valence-electron chi connectivity index (χ3n) is 5.56. The van der Waals surface area contributed by atoms with E-state index in [1.54, 1.807) is 6.20 Å². The number of aromatic nitrogens is 1. The van der Waals surface area contributed by atoms with Gasteiger partial charge in [0.2, 0.25) is 17.7 Å². The Balaban J connectivity index is 2.31. The topological polar surface area (TPSA) is 187 Å². The molecule has 0 saturated heterocycles. The van der Waals surface area contributed by atoms with Crippen molar-refractivity contribution in [3.63, 3.8) is 0 Å². The number of carbonyl (C=O) groups is 4. The molecule has 198 valence electrons. The number of para-hydroxylation sites is 1. The van der Waals surface area contributed by atoms with Gasteiger partial charge in [0.05, 0.1) is 12.1 Å². The number of hydrogen-bond donors (Lipinski definition) is 8. The van der Waals surface area contributed by atoms with Crippen molar-refractivity contribution < 1.29 is 29.4 Å². The third-order valence-corrected chi connectivity index (χ3v) is 6.59. The van der Waals surface area contributed by atoms with E-state index in [4.69, 9.17) is 5.73 Å². The summed E-state index contributed by atoms with van der Waals surface area (Å²) in [4.78, 5) is 53.3. The maximum absolute atomic E-state index is 13.2. The zero-order chi connectivity index (χ0) is 26.8. The molecule has 11 nitrogen and oxygen atoms in total. The van der Waals surface area contributed by atoms with E-state index in [1.165, 1.54) is 18.7 Å². The number of nitrogens with one attached hydrogen (secondary N) is 4. The lowest BCUT2D eigenvalue weighted by Gasteiger charge is -2.25. The molecule has 0 aliphatic rings. The van der Waals surface area contributed by atoms with Crippen LogP contribution in [0.4, 0.5) is 0 Å². The average Bonchev–Trinajstić information content (AvgIpc) is 3.25. The SMILES string of the molecule is CSCCC(NC(=O)C(N)CS)C(=O)NC(Cc1c[nH]c2ccccc12)C(=O)NC(C(=O)O)C(C)O. The number of aromatic amines is 1. The fourth-order valence-corrected chi connectivity index (χ4v) is 4.15. The van der Waals surface area contributed by atoms with Crippen LogP contribution in [0.1, 0.15) is 18.9 Å². The molecular weight excluding hydrogens is 506 g/mol. The van der Waals surface area contributed by atoms with E-state index in [1.807, 2.05) is 30.5 Å². The van der Waals surface area contributed by atoms with Gasteiger partial charge in [-0.15, -0.1) is 0 Å². The maximum atomic E-state index is 13.2. The molecule has 2 rings (SSSR count). The molecule has 13 heteroatoms. The number of amides is 3. The van der Waals surface area contributed by atoms with Crippen LogP contribution in [-0.4, -0.2) is 86.9 Å². The van der Waals surface area contributed by atoms with Gasteiger partial charge >= 0.3 is 5.97 Å². The minimum Gasteiger partial charge on any atom is -0.480 e. The summed E-state index contributed by atoms with van der Waals surface area (Å²) in [6.07, 6.45) is 2.51. The molecule has 1 aromatic heterocycles. The summed E-state index contributed by atoms with van der Waals surface area (Å²) < 4.78 is 0. The fourth-order valence-electron chi connectivity index (χ4n) is 3.51. The predicted octanol–water partition coefficient (Wildman–Crippen LogP) is -0.360. The van der Waals surface area contributed by atoms with Crippen molar-refractivity contribution in [1.29, 1.82) is 0 Å². The van der Waals surface area contributed by atoms with Crippen LogP contribution < -0.4 is 21.7 Å².